The number of carboxylic acid groups (broad SMARTS) is 2. The third-order valence-electron chi connectivity index (χ3n) is 11.5. The number of nitrogens with one attached hydrogen (secondary N) is 2. The van der Waals surface area contributed by atoms with E-state index in [1.807, 2.05) is 0 Å². The molecule has 0 aliphatic heterocycles. The van der Waals surface area contributed by atoms with E-state index in [1.54, 1.807) is 74.5 Å². The molecule has 0 saturated carbocycles. The minimum absolute atomic E-state index is 0. The molecule has 23 heteroatoms. The van der Waals surface area contributed by atoms with Gasteiger partial charge in [-0.2, -0.15) is 26.3 Å². The van der Waals surface area contributed by atoms with Gasteiger partial charge >= 0.3 is 61.3 Å². The number of carboxylic acids is 2. The van der Waals surface area contributed by atoms with Crippen LogP contribution in [0, 0.1) is 25.5 Å². The van der Waals surface area contributed by atoms with Crippen LogP contribution >= 0.6 is 23.2 Å². The fourth-order valence-electron chi connectivity index (χ4n) is 8.07. The summed E-state index contributed by atoms with van der Waals surface area (Å²) in [6.07, 6.45) is -7.11. The number of benzene rings is 6. The van der Waals surface area contributed by atoms with Crippen molar-refractivity contribution >= 4 is 130 Å². The Hall–Kier alpha value is -7.62. The van der Waals surface area contributed by atoms with Crippen LogP contribution in [0.2, 0.25) is 10.0 Å². The summed E-state index contributed by atoms with van der Waals surface area (Å²) in [5.74, 6) is -7.10. The molecule has 79 heavy (non-hydrogen) atoms. The number of anilines is 2. The fourth-order valence-corrected chi connectivity index (χ4v) is 8.38. The van der Waals surface area contributed by atoms with E-state index >= 15 is 0 Å². The molecule has 0 unspecified atom stereocenters. The first-order chi connectivity index (χ1) is 36.7. The van der Waals surface area contributed by atoms with Crippen LogP contribution in [0.15, 0.2) is 140 Å². The second kappa shape index (κ2) is 25.0. The number of amides is 2. The predicted molar refractivity (Wildman–Crippen MR) is 277 cm³/mol. The number of rotatable bonds is 12. The van der Waals surface area contributed by atoms with Crippen molar-refractivity contribution in [3.63, 3.8) is 0 Å². The monoisotopic (exact) mass is 1160 g/mol. The molecule has 2 aromatic heterocycles. The predicted octanol–water partition coefficient (Wildman–Crippen LogP) is 10.7. The first kappa shape index (κ1) is 60.6. The maximum Gasteiger partial charge on any atom is 2.00 e. The van der Waals surface area contributed by atoms with Crippen LogP contribution in [0.3, 0.4) is 0 Å². The standard InChI is InChI=1S/2C28H18ClF4NO5.Ca/c2*1-14-9-18-23(13-21(14)29)39-27(38)19(26(18)16-4-2-3-15(10-16)5-8-25(36)37)12-24(35)34-22-7-6-17(30)11-20(22)28(31,32)33;/h2*2-11,13H,12H2,1H3,(H,34,35)(H,36,37);/q;;+2/p-2/b2*8-5+;. The first-order valence-electron chi connectivity index (χ1n) is 22.5. The number of fused-ring (bicyclic) bond motifs is 2. The zero-order valence-electron chi connectivity index (χ0n) is 40.7. The zero-order chi connectivity index (χ0) is 57.0. The zero-order valence-corrected chi connectivity index (χ0v) is 44.4. The summed E-state index contributed by atoms with van der Waals surface area (Å²) in [7, 11) is 0. The van der Waals surface area contributed by atoms with Gasteiger partial charge in [0, 0.05) is 44.1 Å². The van der Waals surface area contributed by atoms with Gasteiger partial charge in [-0.25, -0.2) is 18.4 Å². The number of hydrogen-bond donors (Lipinski definition) is 2. The third-order valence-corrected chi connectivity index (χ3v) is 12.3. The van der Waals surface area contributed by atoms with Crippen molar-refractivity contribution in [1.82, 2.24) is 0 Å². The molecule has 2 heterocycles. The molecule has 0 saturated heterocycles. The Labute approximate surface area is 480 Å². The van der Waals surface area contributed by atoms with Gasteiger partial charge in [0.25, 0.3) is 0 Å². The van der Waals surface area contributed by atoms with E-state index in [0.717, 1.165) is 36.4 Å². The number of hydrogen-bond acceptors (Lipinski definition) is 10. The number of aliphatic carboxylic acids is 2. The number of alkyl halides is 6. The van der Waals surface area contributed by atoms with Crippen molar-refractivity contribution in [2.45, 2.75) is 39.0 Å². The minimum Gasteiger partial charge on any atom is -0.545 e. The molecular formula is C56H34CaCl2F8N2O10. The summed E-state index contributed by atoms with van der Waals surface area (Å²) in [6.45, 7) is 3.41. The molecule has 0 aliphatic carbocycles. The van der Waals surface area contributed by atoms with E-state index < -0.39 is 94.3 Å². The van der Waals surface area contributed by atoms with Crippen molar-refractivity contribution in [2.75, 3.05) is 10.6 Å². The van der Waals surface area contributed by atoms with Crippen molar-refractivity contribution < 1.29 is 73.3 Å². The second-order valence-electron chi connectivity index (χ2n) is 17.1. The Balaban J connectivity index is 0.000000252. The summed E-state index contributed by atoms with van der Waals surface area (Å²) >= 11 is 12.4. The van der Waals surface area contributed by atoms with Gasteiger partial charge in [-0.15, -0.1) is 0 Å². The minimum atomic E-state index is -4.95. The summed E-state index contributed by atoms with van der Waals surface area (Å²) in [5.41, 5.74) is -2.76. The number of carbonyl (C=O) groups is 4. The molecule has 2 amide bonds. The molecule has 8 aromatic rings. The molecule has 400 valence electrons. The maximum absolute atomic E-state index is 13.5. The Morgan fingerprint density at radius 1 is 0.557 bits per heavy atom. The van der Waals surface area contributed by atoms with Crippen LogP contribution in [-0.4, -0.2) is 61.5 Å². The van der Waals surface area contributed by atoms with Crippen LogP contribution in [0.1, 0.15) is 44.5 Å². The molecule has 8 rings (SSSR count). The molecule has 12 nitrogen and oxygen atoms in total. The number of aryl methyl sites for hydroxylation is 2. The van der Waals surface area contributed by atoms with Crippen molar-refractivity contribution in [1.29, 1.82) is 0 Å². The molecule has 0 radical (unpaired) electrons. The van der Waals surface area contributed by atoms with E-state index in [0.29, 0.717) is 54.2 Å². The van der Waals surface area contributed by atoms with Gasteiger partial charge in [-0.05, 0) is 120 Å². The van der Waals surface area contributed by atoms with Gasteiger partial charge in [0.05, 0.1) is 58.4 Å². The first-order valence-corrected chi connectivity index (χ1v) is 23.3. The van der Waals surface area contributed by atoms with E-state index in [1.165, 1.54) is 24.3 Å². The Morgan fingerprint density at radius 2 is 0.924 bits per heavy atom. The third kappa shape index (κ3) is 14.9. The molecule has 6 aromatic carbocycles. The van der Waals surface area contributed by atoms with Gasteiger partial charge in [0.15, 0.2) is 0 Å². The van der Waals surface area contributed by atoms with Gasteiger partial charge in [0.2, 0.25) is 11.8 Å². The fraction of sp³-hybridized carbons (Fsp3) is 0.107. The Bertz CT molecular complexity index is 3680. The SMILES string of the molecule is Cc1cc2c(-c3cccc(/C=C/C(=O)[O-])c3)c(CC(=O)Nc3ccc(F)cc3C(F)(F)F)c(=O)oc2cc1Cl.Cc1cc2c(-c3cccc(/C=C/C(=O)[O-])c3)c(CC(=O)Nc3ccc(F)cc3C(F)(F)F)c(=O)oc2cc1Cl.[Ca+2]. The van der Waals surface area contributed by atoms with Gasteiger partial charge in [-0.1, -0.05) is 71.8 Å². The summed E-state index contributed by atoms with van der Waals surface area (Å²) in [4.78, 5) is 73.7. The Kier molecular flexibility index (Phi) is 19.2. The number of carbonyl (C=O) groups excluding carboxylic acids is 4. The number of halogens is 10. The van der Waals surface area contributed by atoms with Gasteiger partial charge < -0.3 is 39.3 Å². The van der Waals surface area contributed by atoms with Crippen LogP contribution in [0.25, 0.3) is 56.3 Å². The molecule has 0 atom stereocenters. The van der Waals surface area contributed by atoms with Crippen LogP contribution < -0.4 is 32.1 Å². The molecule has 2 N–H and O–H groups in total. The van der Waals surface area contributed by atoms with Crippen LogP contribution in [-0.2, 0) is 44.4 Å². The van der Waals surface area contributed by atoms with Crippen molar-refractivity contribution in [2.24, 2.45) is 0 Å². The molecule has 0 fully saturated rings. The van der Waals surface area contributed by atoms with Gasteiger partial charge in [-0.3, -0.25) is 9.59 Å². The van der Waals surface area contributed by atoms with Crippen LogP contribution in [0.4, 0.5) is 46.5 Å². The molecule has 0 spiro atoms. The van der Waals surface area contributed by atoms with E-state index in [9.17, 15) is 74.1 Å². The molecule has 0 aliphatic rings. The quantitative estimate of drug-likeness (QED) is 0.0513. The Morgan fingerprint density at radius 3 is 1.27 bits per heavy atom. The largest absolute Gasteiger partial charge is 2.00 e. The normalized spacial score (nSPS) is 11.6. The molecular weight excluding hydrogens is 1120 g/mol. The average Bonchev–Trinajstić information content (AvgIpc) is 3.45. The van der Waals surface area contributed by atoms with Crippen molar-refractivity contribution in [3.05, 3.63) is 208 Å². The summed E-state index contributed by atoms with van der Waals surface area (Å²) in [6, 6.07) is 22.4. The molecule has 0 bridgehead atoms. The smallest absolute Gasteiger partial charge is 0.545 e. The van der Waals surface area contributed by atoms with Crippen molar-refractivity contribution in [3.8, 4) is 22.3 Å². The average molecular weight is 1160 g/mol. The van der Waals surface area contributed by atoms with Gasteiger partial charge in [0.1, 0.15) is 22.8 Å². The second-order valence-corrected chi connectivity index (χ2v) is 17.9. The van der Waals surface area contributed by atoms with E-state index in [2.05, 4.69) is 10.6 Å². The maximum atomic E-state index is 13.5. The van der Waals surface area contributed by atoms with Crippen LogP contribution in [0.5, 0.6) is 0 Å². The van der Waals surface area contributed by atoms with E-state index in [4.69, 9.17) is 32.0 Å². The summed E-state index contributed by atoms with van der Waals surface area (Å²) < 4.78 is 118. The topological polar surface area (TPSA) is 199 Å². The summed E-state index contributed by atoms with van der Waals surface area (Å²) in [5, 5.41) is 27.3. The van der Waals surface area contributed by atoms with E-state index in [-0.39, 0.29) is 83.3 Å².